The summed E-state index contributed by atoms with van der Waals surface area (Å²) in [5.41, 5.74) is 0. The Bertz CT molecular complexity index is 872. The van der Waals surface area contributed by atoms with Crippen molar-refractivity contribution in [2.24, 2.45) is 5.92 Å². The van der Waals surface area contributed by atoms with Crippen LogP contribution in [0, 0.1) is 5.92 Å². The summed E-state index contributed by atoms with van der Waals surface area (Å²) in [6, 6.07) is 0. The van der Waals surface area contributed by atoms with Gasteiger partial charge in [0.1, 0.15) is 13.2 Å². The quantitative estimate of drug-likeness (QED) is 0.0346. The summed E-state index contributed by atoms with van der Waals surface area (Å²) in [7, 11) is 0. The van der Waals surface area contributed by atoms with Crippen LogP contribution < -0.4 is 0 Å². The zero-order valence-electron chi connectivity index (χ0n) is 39.5. The normalized spacial score (nSPS) is 11.9. The molecule has 1 atom stereocenters. The number of carbonyl (C=O) groups is 3. The van der Waals surface area contributed by atoms with Crippen LogP contribution >= 0.6 is 0 Å². The fourth-order valence-electron chi connectivity index (χ4n) is 7.86. The van der Waals surface area contributed by atoms with Crippen LogP contribution in [-0.4, -0.2) is 37.2 Å². The third-order valence-corrected chi connectivity index (χ3v) is 11.8. The van der Waals surface area contributed by atoms with Crippen molar-refractivity contribution in [1.82, 2.24) is 0 Å². The molecule has 0 aromatic carbocycles. The molecule has 0 aliphatic rings. The first-order valence-electron chi connectivity index (χ1n) is 25.9. The van der Waals surface area contributed by atoms with E-state index in [1.54, 1.807) is 0 Å². The van der Waals surface area contributed by atoms with E-state index in [-0.39, 0.29) is 31.1 Å². The molecule has 58 heavy (non-hydrogen) atoms. The Kier molecular flexibility index (Phi) is 45.2. The van der Waals surface area contributed by atoms with Crippen LogP contribution in [0.3, 0.4) is 0 Å². The molecule has 0 bridgehead atoms. The highest BCUT2D eigenvalue weighted by atomic mass is 16.6. The highest BCUT2D eigenvalue weighted by Gasteiger charge is 2.19. The first kappa shape index (κ1) is 56.4. The van der Waals surface area contributed by atoms with Gasteiger partial charge in [0.15, 0.2) is 6.10 Å². The van der Waals surface area contributed by atoms with Crippen LogP contribution in [-0.2, 0) is 28.6 Å². The molecule has 0 radical (unpaired) electrons. The molecule has 0 aliphatic carbocycles. The van der Waals surface area contributed by atoms with Crippen molar-refractivity contribution in [2.75, 3.05) is 13.2 Å². The lowest BCUT2D eigenvalue weighted by Crippen LogP contribution is -2.30. The van der Waals surface area contributed by atoms with Gasteiger partial charge in [0.25, 0.3) is 0 Å². The van der Waals surface area contributed by atoms with E-state index >= 15 is 0 Å². The Hall–Kier alpha value is -1.59. The number of carbonyl (C=O) groups excluding carboxylic acids is 3. The molecule has 0 aromatic heterocycles. The number of unbranched alkanes of at least 4 members (excludes halogenated alkanes) is 34. The van der Waals surface area contributed by atoms with Crippen LogP contribution in [0.2, 0.25) is 0 Å². The van der Waals surface area contributed by atoms with E-state index in [1.807, 2.05) is 0 Å². The maximum absolute atomic E-state index is 12.8. The third kappa shape index (κ3) is 45.5. The van der Waals surface area contributed by atoms with E-state index in [4.69, 9.17) is 14.2 Å². The second-order valence-electron chi connectivity index (χ2n) is 18.3. The van der Waals surface area contributed by atoms with Crippen LogP contribution in [0.25, 0.3) is 0 Å². The second-order valence-corrected chi connectivity index (χ2v) is 18.3. The molecule has 0 heterocycles. The van der Waals surface area contributed by atoms with E-state index in [1.165, 1.54) is 186 Å². The minimum absolute atomic E-state index is 0.0626. The van der Waals surface area contributed by atoms with E-state index < -0.39 is 6.10 Å². The summed E-state index contributed by atoms with van der Waals surface area (Å²) in [6.45, 7) is 9.03. The third-order valence-electron chi connectivity index (χ3n) is 11.8. The van der Waals surface area contributed by atoms with Crippen molar-refractivity contribution in [3.8, 4) is 0 Å². The first-order chi connectivity index (χ1) is 28.4. The lowest BCUT2D eigenvalue weighted by Gasteiger charge is -2.18. The van der Waals surface area contributed by atoms with Gasteiger partial charge in [-0.1, -0.05) is 252 Å². The Morgan fingerprint density at radius 1 is 0.328 bits per heavy atom. The molecule has 6 heteroatoms. The molecule has 0 aliphatic heterocycles. The maximum Gasteiger partial charge on any atom is 0.306 e. The summed E-state index contributed by atoms with van der Waals surface area (Å²) >= 11 is 0. The number of hydrogen-bond acceptors (Lipinski definition) is 6. The van der Waals surface area contributed by atoms with Crippen molar-refractivity contribution < 1.29 is 28.6 Å². The van der Waals surface area contributed by atoms with Gasteiger partial charge in [-0.15, -0.1) is 0 Å². The van der Waals surface area contributed by atoms with Gasteiger partial charge in [-0.25, -0.2) is 0 Å². The van der Waals surface area contributed by atoms with Gasteiger partial charge in [0, 0.05) is 19.3 Å². The van der Waals surface area contributed by atoms with Crippen molar-refractivity contribution in [1.29, 1.82) is 0 Å². The first-order valence-corrected chi connectivity index (χ1v) is 25.9. The minimum atomic E-state index is -0.760. The average molecular weight is 821 g/mol. The van der Waals surface area contributed by atoms with Crippen LogP contribution in [0.4, 0.5) is 0 Å². The number of rotatable bonds is 47. The van der Waals surface area contributed by atoms with Gasteiger partial charge in [0.05, 0.1) is 0 Å². The minimum Gasteiger partial charge on any atom is -0.462 e. The van der Waals surface area contributed by atoms with Crippen LogP contribution in [0.1, 0.15) is 291 Å². The van der Waals surface area contributed by atoms with Crippen molar-refractivity contribution in [3.05, 3.63) is 0 Å². The van der Waals surface area contributed by atoms with E-state index in [9.17, 15) is 14.4 Å². The lowest BCUT2D eigenvalue weighted by atomic mass is 10.0. The topological polar surface area (TPSA) is 78.9 Å². The molecule has 0 saturated heterocycles. The van der Waals surface area contributed by atoms with Crippen molar-refractivity contribution >= 4 is 17.9 Å². The molecule has 0 spiro atoms. The Morgan fingerprint density at radius 2 is 0.569 bits per heavy atom. The van der Waals surface area contributed by atoms with E-state index in [2.05, 4.69) is 27.7 Å². The molecule has 0 amide bonds. The predicted molar refractivity (Wildman–Crippen MR) is 247 cm³/mol. The number of ether oxygens (including phenoxy) is 3. The average Bonchev–Trinajstić information content (AvgIpc) is 3.21. The molecule has 0 fully saturated rings. The smallest absolute Gasteiger partial charge is 0.306 e. The second kappa shape index (κ2) is 46.5. The SMILES string of the molecule is CCCCCCCCCCCCCCCC(=O)OC[C@@H](COC(=O)CCCCCCCCCCCCC)OC(=O)CCCCCCCCCCCCCCCC(C)C. The fraction of sp³-hybridized carbons (Fsp3) is 0.942. The Morgan fingerprint density at radius 3 is 0.845 bits per heavy atom. The van der Waals surface area contributed by atoms with Gasteiger partial charge in [-0.3, -0.25) is 14.4 Å². The zero-order valence-corrected chi connectivity index (χ0v) is 39.5. The van der Waals surface area contributed by atoms with Gasteiger partial charge in [0.2, 0.25) is 0 Å². The van der Waals surface area contributed by atoms with Gasteiger partial charge in [-0.05, 0) is 25.2 Å². The lowest BCUT2D eigenvalue weighted by molar-refractivity contribution is -0.167. The van der Waals surface area contributed by atoms with E-state index in [0.717, 1.165) is 63.7 Å². The predicted octanol–water partition coefficient (Wildman–Crippen LogP) is 16.7. The Balaban J connectivity index is 4.30. The van der Waals surface area contributed by atoms with Gasteiger partial charge in [-0.2, -0.15) is 0 Å². The standard InChI is InChI=1S/C52H100O6/c1-5-7-9-11-13-15-17-19-24-28-32-36-40-44-51(54)57-47-49(46-56-50(53)43-39-35-31-27-22-16-14-12-10-8-6-2)58-52(55)45-41-37-33-29-25-21-18-20-23-26-30-34-38-42-48(3)4/h48-49H,5-47H2,1-4H3/t49-/m1/s1. The monoisotopic (exact) mass is 821 g/mol. The molecular weight excluding hydrogens is 721 g/mol. The number of hydrogen-bond donors (Lipinski definition) is 0. The Labute approximate surface area is 361 Å². The summed E-state index contributed by atoms with van der Waals surface area (Å²) in [4.78, 5) is 37.9. The van der Waals surface area contributed by atoms with Gasteiger partial charge < -0.3 is 14.2 Å². The molecule has 6 nitrogen and oxygen atoms in total. The molecule has 0 saturated carbocycles. The molecule has 344 valence electrons. The highest BCUT2D eigenvalue weighted by Crippen LogP contribution is 2.17. The van der Waals surface area contributed by atoms with Gasteiger partial charge >= 0.3 is 17.9 Å². The van der Waals surface area contributed by atoms with Crippen molar-refractivity contribution in [2.45, 2.75) is 297 Å². The zero-order chi connectivity index (χ0) is 42.4. The molecular formula is C52H100O6. The highest BCUT2D eigenvalue weighted by molar-refractivity contribution is 5.71. The van der Waals surface area contributed by atoms with Crippen LogP contribution in [0.15, 0.2) is 0 Å². The molecule has 0 rings (SSSR count). The van der Waals surface area contributed by atoms with E-state index in [0.29, 0.717) is 19.3 Å². The molecule has 0 unspecified atom stereocenters. The molecule has 0 aromatic rings. The number of esters is 3. The summed E-state index contributed by atoms with van der Waals surface area (Å²) in [5, 5.41) is 0. The molecule has 0 N–H and O–H groups in total. The van der Waals surface area contributed by atoms with Crippen molar-refractivity contribution in [3.63, 3.8) is 0 Å². The maximum atomic E-state index is 12.8. The van der Waals surface area contributed by atoms with Crippen LogP contribution in [0.5, 0.6) is 0 Å². The largest absolute Gasteiger partial charge is 0.462 e. The fourth-order valence-corrected chi connectivity index (χ4v) is 7.86. The summed E-state index contributed by atoms with van der Waals surface area (Å²) in [5.74, 6) is -0.00611. The summed E-state index contributed by atoms with van der Waals surface area (Å²) < 4.78 is 16.8. The summed E-state index contributed by atoms with van der Waals surface area (Å²) in [6.07, 6.45) is 48.0.